The molecule has 1 aromatic carbocycles. The number of nitrogens with zero attached hydrogens (tertiary/aromatic N) is 1. The summed E-state index contributed by atoms with van der Waals surface area (Å²) in [7, 11) is 0. The lowest BCUT2D eigenvalue weighted by Crippen LogP contribution is -1.98. The second-order valence-electron chi connectivity index (χ2n) is 3.17. The van der Waals surface area contributed by atoms with E-state index in [9.17, 15) is 4.79 Å². The first-order chi connectivity index (χ1) is 6.27. The van der Waals surface area contributed by atoms with Gasteiger partial charge in [0.15, 0.2) is 0 Å². The van der Waals surface area contributed by atoms with Crippen molar-refractivity contribution in [3.05, 3.63) is 35.5 Å². The molecule has 0 saturated carbocycles. The second-order valence-corrected chi connectivity index (χ2v) is 3.17. The van der Waals surface area contributed by atoms with Crippen LogP contribution in [0.3, 0.4) is 0 Å². The minimum absolute atomic E-state index is 0.189. The molecule has 0 bridgehead atoms. The zero-order valence-electron chi connectivity index (χ0n) is 7.45. The fraction of sp³-hybridized carbons (Fsp3) is 0.182. The summed E-state index contributed by atoms with van der Waals surface area (Å²) < 4.78 is 0. The molecule has 65 valence electrons. The summed E-state index contributed by atoms with van der Waals surface area (Å²) in [6.07, 6.45) is 4.23. The number of hydrogen-bond donors (Lipinski definition) is 0. The van der Waals surface area contributed by atoms with Gasteiger partial charge < -0.3 is 0 Å². The normalized spacial score (nSPS) is 12.4. The van der Waals surface area contributed by atoms with Crippen LogP contribution in [0.2, 0.25) is 0 Å². The van der Waals surface area contributed by atoms with Crippen LogP contribution >= 0.6 is 0 Å². The Balaban J connectivity index is 2.41. The van der Waals surface area contributed by atoms with Gasteiger partial charge in [0.2, 0.25) is 0 Å². The van der Waals surface area contributed by atoms with Crippen LogP contribution in [0.5, 0.6) is 0 Å². The van der Waals surface area contributed by atoms with Gasteiger partial charge in [-0.15, -0.1) is 0 Å². The first-order valence-electron chi connectivity index (χ1n) is 4.26. The Morgan fingerprint density at radius 3 is 3.08 bits per heavy atom. The average Bonchev–Trinajstić information content (AvgIpc) is 2.51. The molecule has 1 radical (unpaired) electrons. The van der Waals surface area contributed by atoms with Gasteiger partial charge in [0, 0.05) is 18.2 Å². The number of fused-ring (bicyclic) bond motifs is 1. The largest absolute Gasteiger partial charge is 0.300 e. The zero-order chi connectivity index (χ0) is 9.26. The van der Waals surface area contributed by atoms with Crippen molar-refractivity contribution >= 4 is 17.5 Å². The van der Waals surface area contributed by atoms with Gasteiger partial charge in [-0.3, -0.25) is 10.1 Å². The van der Waals surface area contributed by atoms with Crippen molar-refractivity contribution in [1.82, 2.24) is 5.32 Å². The van der Waals surface area contributed by atoms with E-state index in [-0.39, 0.29) is 5.78 Å². The Morgan fingerprint density at radius 1 is 1.46 bits per heavy atom. The van der Waals surface area contributed by atoms with E-state index >= 15 is 0 Å². The smallest absolute Gasteiger partial charge is 0.134 e. The molecule has 1 heterocycles. The van der Waals surface area contributed by atoms with Gasteiger partial charge in [0.05, 0.1) is 5.69 Å². The van der Waals surface area contributed by atoms with Crippen molar-refractivity contribution in [2.45, 2.75) is 13.3 Å². The molecule has 2 rings (SSSR count). The predicted octanol–water partition coefficient (Wildman–Crippen LogP) is 2.04. The summed E-state index contributed by atoms with van der Waals surface area (Å²) in [6, 6.07) is 5.87. The predicted molar refractivity (Wildman–Crippen MR) is 51.7 cm³/mol. The highest BCUT2D eigenvalue weighted by Gasteiger charge is 2.10. The van der Waals surface area contributed by atoms with E-state index in [0.717, 1.165) is 16.8 Å². The average molecular weight is 172 g/mol. The number of hydrogen-bond acceptors (Lipinski definition) is 1. The molecule has 0 aromatic heterocycles. The van der Waals surface area contributed by atoms with Crippen LogP contribution in [0.1, 0.15) is 18.1 Å². The van der Waals surface area contributed by atoms with E-state index in [1.165, 1.54) is 0 Å². The molecule has 0 saturated heterocycles. The lowest BCUT2D eigenvalue weighted by Gasteiger charge is -2.03. The summed E-state index contributed by atoms with van der Waals surface area (Å²) in [5, 5.41) is 4.18. The third-order valence-electron chi connectivity index (χ3n) is 2.07. The van der Waals surface area contributed by atoms with Gasteiger partial charge in [-0.1, -0.05) is 12.1 Å². The van der Waals surface area contributed by atoms with Crippen LogP contribution in [0.25, 0.3) is 6.08 Å². The van der Waals surface area contributed by atoms with Crippen molar-refractivity contribution < 1.29 is 4.79 Å². The Morgan fingerprint density at radius 2 is 2.31 bits per heavy atom. The number of carbonyl (C=O) groups is 1. The second kappa shape index (κ2) is 3.05. The highest BCUT2D eigenvalue weighted by Crippen LogP contribution is 2.26. The first-order valence-corrected chi connectivity index (χ1v) is 4.26. The maximum atomic E-state index is 11.0. The lowest BCUT2D eigenvalue weighted by atomic mass is 10.0. The molecule has 0 amide bonds. The molecule has 13 heavy (non-hydrogen) atoms. The van der Waals surface area contributed by atoms with Crippen molar-refractivity contribution in [2.24, 2.45) is 0 Å². The number of benzene rings is 1. The van der Waals surface area contributed by atoms with E-state index in [2.05, 4.69) is 5.32 Å². The van der Waals surface area contributed by atoms with Crippen LogP contribution in [-0.4, -0.2) is 5.78 Å². The number of carbonyl (C=O) groups excluding carboxylic acids is 1. The minimum Gasteiger partial charge on any atom is -0.300 e. The van der Waals surface area contributed by atoms with Gasteiger partial charge in [-0.05, 0) is 24.6 Å². The molecule has 2 nitrogen and oxygen atoms in total. The lowest BCUT2D eigenvalue weighted by molar-refractivity contribution is -0.116. The summed E-state index contributed by atoms with van der Waals surface area (Å²) >= 11 is 0. The summed E-state index contributed by atoms with van der Waals surface area (Å²) in [4.78, 5) is 11.0. The quantitative estimate of drug-likeness (QED) is 0.671. The number of rotatable bonds is 2. The van der Waals surface area contributed by atoms with E-state index in [0.29, 0.717) is 6.42 Å². The monoisotopic (exact) mass is 172 g/mol. The highest BCUT2D eigenvalue weighted by atomic mass is 16.1. The van der Waals surface area contributed by atoms with Crippen molar-refractivity contribution in [2.75, 3.05) is 0 Å². The van der Waals surface area contributed by atoms with E-state index in [1.54, 1.807) is 13.1 Å². The maximum absolute atomic E-state index is 11.0. The fourth-order valence-corrected chi connectivity index (χ4v) is 1.52. The SMILES string of the molecule is CC(=O)Cc1cccc2c1C=C[N]2. The topological polar surface area (TPSA) is 31.2 Å². The Hall–Kier alpha value is -1.57. The van der Waals surface area contributed by atoms with E-state index in [1.807, 2.05) is 24.3 Å². The first kappa shape index (κ1) is 8.05. The van der Waals surface area contributed by atoms with Crippen LogP contribution in [-0.2, 0) is 11.2 Å². The molecule has 0 spiro atoms. The molecule has 0 unspecified atom stereocenters. The highest BCUT2D eigenvalue weighted by molar-refractivity contribution is 5.82. The summed E-state index contributed by atoms with van der Waals surface area (Å²) in [5.41, 5.74) is 3.14. The third kappa shape index (κ3) is 1.47. The molecule has 0 atom stereocenters. The fourth-order valence-electron chi connectivity index (χ4n) is 1.52. The molecule has 1 aromatic rings. The summed E-state index contributed by atoms with van der Waals surface area (Å²) in [6.45, 7) is 1.61. The Labute approximate surface area is 77.3 Å². The standard InChI is InChI=1S/C11H10NO/c1-8(13)7-9-3-2-4-11-10(9)5-6-12-11/h2-6H,7H2,1H3. The number of ketones is 1. The van der Waals surface area contributed by atoms with Gasteiger partial charge >= 0.3 is 0 Å². The van der Waals surface area contributed by atoms with Crippen molar-refractivity contribution in [3.8, 4) is 0 Å². The van der Waals surface area contributed by atoms with Crippen molar-refractivity contribution in [1.29, 1.82) is 0 Å². The molecule has 1 aliphatic heterocycles. The number of Topliss-reactive ketones (excluding diaryl/α,β-unsaturated/α-hetero) is 1. The van der Waals surface area contributed by atoms with E-state index < -0.39 is 0 Å². The Kier molecular flexibility index (Phi) is 1.89. The molecule has 0 fully saturated rings. The molecular weight excluding hydrogens is 162 g/mol. The molecule has 0 aliphatic carbocycles. The van der Waals surface area contributed by atoms with Crippen LogP contribution in [0.15, 0.2) is 24.4 Å². The molecule has 0 N–H and O–H groups in total. The Bertz CT molecular complexity index is 380. The molecule has 2 heteroatoms. The van der Waals surface area contributed by atoms with Gasteiger partial charge in [0.1, 0.15) is 5.78 Å². The minimum atomic E-state index is 0.189. The van der Waals surface area contributed by atoms with Gasteiger partial charge in [0.25, 0.3) is 0 Å². The molecular formula is C11H10NO. The van der Waals surface area contributed by atoms with Crippen LogP contribution in [0, 0.1) is 0 Å². The maximum Gasteiger partial charge on any atom is 0.134 e. The zero-order valence-corrected chi connectivity index (χ0v) is 7.45. The summed E-state index contributed by atoms with van der Waals surface area (Å²) in [5.74, 6) is 0.189. The van der Waals surface area contributed by atoms with Gasteiger partial charge in [-0.25, -0.2) is 0 Å². The van der Waals surface area contributed by atoms with Crippen molar-refractivity contribution in [3.63, 3.8) is 0 Å². The van der Waals surface area contributed by atoms with E-state index in [4.69, 9.17) is 0 Å². The van der Waals surface area contributed by atoms with Crippen LogP contribution < -0.4 is 5.32 Å². The molecule has 1 aliphatic rings. The third-order valence-corrected chi connectivity index (χ3v) is 2.07. The van der Waals surface area contributed by atoms with Crippen LogP contribution in [0.4, 0.5) is 5.69 Å². The van der Waals surface area contributed by atoms with Gasteiger partial charge in [-0.2, -0.15) is 0 Å².